The molecule has 4 heteroatoms. The summed E-state index contributed by atoms with van der Waals surface area (Å²) in [6.07, 6.45) is 10.1. The maximum Gasteiger partial charge on any atom is 0.143 e. The van der Waals surface area contributed by atoms with E-state index in [1.807, 2.05) is 18.5 Å². The molecule has 6 aromatic carbocycles. The molecule has 250 valence electrons. The predicted octanol–water partition coefficient (Wildman–Crippen LogP) is 12.1. The Hall–Kier alpha value is -6.49. The minimum absolute atomic E-state index is 0.502. The number of nitrogens with zero attached hydrogens (tertiary/aromatic N) is 3. The second kappa shape index (κ2) is 12.6. The number of hydrogen-bond donors (Lipinski definition) is 0. The number of fused-ring (bicyclic) bond motifs is 5. The molecule has 0 amide bonds. The number of hydrogen-bond acceptors (Lipinski definition) is 4. The van der Waals surface area contributed by atoms with E-state index >= 15 is 0 Å². The Morgan fingerprint density at radius 2 is 1.06 bits per heavy atom. The van der Waals surface area contributed by atoms with E-state index in [4.69, 9.17) is 4.99 Å². The molecular formula is C49H33N3S. The number of amidine groups is 1. The van der Waals surface area contributed by atoms with Gasteiger partial charge in [-0.25, -0.2) is 4.99 Å². The lowest BCUT2D eigenvalue weighted by Gasteiger charge is -2.34. The highest BCUT2D eigenvalue weighted by molar-refractivity contribution is 7.97. The Morgan fingerprint density at radius 1 is 0.509 bits per heavy atom. The molecule has 1 aromatic heterocycles. The molecule has 2 aliphatic heterocycles. The third-order valence-electron chi connectivity index (χ3n) is 10.7. The van der Waals surface area contributed by atoms with Crippen molar-refractivity contribution in [3.05, 3.63) is 228 Å². The number of aliphatic imine (C=N–C) groups is 1. The quantitative estimate of drug-likeness (QED) is 0.168. The highest BCUT2D eigenvalue weighted by atomic mass is 32.2. The summed E-state index contributed by atoms with van der Waals surface area (Å²) in [5, 5.41) is 0. The Kier molecular flexibility index (Phi) is 7.45. The van der Waals surface area contributed by atoms with Gasteiger partial charge in [0.15, 0.2) is 0 Å². The zero-order valence-electron chi connectivity index (χ0n) is 28.9. The lowest BCUT2D eigenvalue weighted by molar-refractivity contribution is 0.769. The second-order valence-electron chi connectivity index (χ2n) is 13.6. The average Bonchev–Trinajstić information content (AvgIpc) is 3.43. The fraction of sp³-hybridized carbons (Fsp3) is 0.0204. The largest absolute Gasteiger partial charge is 0.271 e. The maximum absolute atomic E-state index is 4.83. The maximum atomic E-state index is 4.83. The van der Waals surface area contributed by atoms with Gasteiger partial charge >= 0.3 is 0 Å². The predicted molar refractivity (Wildman–Crippen MR) is 220 cm³/mol. The van der Waals surface area contributed by atoms with Gasteiger partial charge in [0.05, 0.1) is 11.1 Å². The number of aromatic nitrogens is 1. The summed E-state index contributed by atoms with van der Waals surface area (Å²) in [5.41, 5.74) is 16.0. The molecule has 53 heavy (non-hydrogen) atoms. The van der Waals surface area contributed by atoms with Gasteiger partial charge in [0.25, 0.3) is 0 Å². The molecule has 0 saturated heterocycles. The van der Waals surface area contributed by atoms with Gasteiger partial charge in [-0.15, -0.1) is 0 Å². The van der Waals surface area contributed by atoms with Crippen LogP contribution < -0.4 is 0 Å². The van der Waals surface area contributed by atoms with E-state index in [0.29, 0.717) is 0 Å². The van der Waals surface area contributed by atoms with Gasteiger partial charge < -0.3 is 0 Å². The molecule has 3 nitrogen and oxygen atoms in total. The lowest BCUT2D eigenvalue weighted by Crippen LogP contribution is -2.28. The van der Waals surface area contributed by atoms with Crippen LogP contribution in [-0.2, 0) is 5.41 Å². The van der Waals surface area contributed by atoms with E-state index in [1.54, 1.807) is 11.9 Å². The van der Waals surface area contributed by atoms with Crippen molar-refractivity contribution in [2.45, 2.75) is 10.3 Å². The molecule has 3 aliphatic rings. The van der Waals surface area contributed by atoms with Crippen LogP contribution >= 0.6 is 11.9 Å². The first-order chi connectivity index (χ1) is 26.2. The van der Waals surface area contributed by atoms with E-state index in [-0.39, 0.29) is 0 Å². The van der Waals surface area contributed by atoms with Crippen LogP contribution in [0.4, 0.5) is 0 Å². The lowest BCUT2D eigenvalue weighted by atomic mass is 9.67. The molecule has 0 fully saturated rings. The molecular weight excluding hydrogens is 663 g/mol. The van der Waals surface area contributed by atoms with Crippen LogP contribution in [0.25, 0.3) is 44.7 Å². The van der Waals surface area contributed by atoms with Gasteiger partial charge in [-0.3, -0.25) is 9.29 Å². The average molecular weight is 696 g/mol. The van der Waals surface area contributed by atoms with Crippen molar-refractivity contribution in [3.63, 3.8) is 0 Å². The van der Waals surface area contributed by atoms with Gasteiger partial charge in [0, 0.05) is 29.1 Å². The van der Waals surface area contributed by atoms with Crippen LogP contribution in [0.2, 0.25) is 0 Å². The van der Waals surface area contributed by atoms with Crippen molar-refractivity contribution in [1.29, 1.82) is 0 Å². The van der Waals surface area contributed by atoms with E-state index in [0.717, 1.165) is 38.7 Å². The minimum Gasteiger partial charge on any atom is -0.271 e. The second-order valence-corrected chi connectivity index (χ2v) is 14.6. The molecule has 0 atom stereocenters. The topological polar surface area (TPSA) is 28.5 Å². The number of pyridine rings is 1. The van der Waals surface area contributed by atoms with Crippen molar-refractivity contribution >= 4 is 29.1 Å². The smallest absolute Gasteiger partial charge is 0.143 e. The van der Waals surface area contributed by atoms with Crippen LogP contribution in [-0.4, -0.2) is 15.1 Å². The van der Waals surface area contributed by atoms with Crippen molar-refractivity contribution in [2.24, 2.45) is 4.99 Å². The van der Waals surface area contributed by atoms with Gasteiger partial charge in [0.1, 0.15) is 5.84 Å². The Morgan fingerprint density at radius 3 is 1.70 bits per heavy atom. The Bertz CT molecular complexity index is 2600. The monoisotopic (exact) mass is 695 g/mol. The molecule has 0 unspecified atom stereocenters. The van der Waals surface area contributed by atoms with Crippen LogP contribution in [0, 0.1) is 0 Å². The Balaban J connectivity index is 1.07. The third-order valence-corrected chi connectivity index (χ3v) is 11.7. The SMILES string of the molecule is C=C1N=C2C=CC(c3ccc(-c4ccc5c(c4)C(c4ccccc4)(c4ccccc4)c4cc(-c6ccncc6)ccc4-5)cc3)=CN2Sc2ccccc21. The van der Waals surface area contributed by atoms with Crippen molar-refractivity contribution in [2.75, 3.05) is 0 Å². The first-order valence-corrected chi connectivity index (χ1v) is 18.6. The first kappa shape index (κ1) is 31.3. The summed E-state index contributed by atoms with van der Waals surface area (Å²) in [6, 6.07) is 57.4. The normalized spacial score (nSPS) is 15.0. The number of benzene rings is 6. The molecule has 0 N–H and O–H groups in total. The van der Waals surface area contributed by atoms with Gasteiger partial charge in [-0.05, 0) is 121 Å². The van der Waals surface area contributed by atoms with Crippen molar-refractivity contribution in [1.82, 2.24) is 9.29 Å². The highest BCUT2D eigenvalue weighted by Gasteiger charge is 2.46. The highest BCUT2D eigenvalue weighted by Crippen LogP contribution is 2.57. The summed E-state index contributed by atoms with van der Waals surface area (Å²) < 4.78 is 2.14. The van der Waals surface area contributed by atoms with Gasteiger partial charge in [-0.1, -0.05) is 134 Å². The first-order valence-electron chi connectivity index (χ1n) is 17.8. The van der Waals surface area contributed by atoms with Gasteiger partial charge in [0.2, 0.25) is 0 Å². The van der Waals surface area contributed by atoms with Crippen molar-refractivity contribution < 1.29 is 0 Å². The summed E-state index contributed by atoms with van der Waals surface area (Å²) in [4.78, 5) is 10.3. The molecule has 10 rings (SSSR count). The summed E-state index contributed by atoms with van der Waals surface area (Å²) in [5.74, 6) is 0.879. The molecule has 0 spiro atoms. The molecule has 3 heterocycles. The van der Waals surface area contributed by atoms with Crippen LogP contribution in [0.5, 0.6) is 0 Å². The standard InChI is InChI=1S/C49H33N3S/c1-33-42-14-8-9-15-47(42)53-52-32-39(22-25-48(52)51-33)35-18-16-34(17-19-35)37-20-23-43-44-24-21-38(36-26-28-50-29-27-36)31-46(44)49(45(43)30-37,40-10-4-2-5-11-40)41-12-6-3-7-13-41/h2-32H,1H2. The summed E-state index contributed by atoms with van der Waals surface area (Å²) in [7, 11) is 0. The fourth-order valence-electron chi connectivity index (χ4n) is 8.14. The molecule has 1 aliphatic carbocycles. The summed E-state index contributed by atoms with van der Waals surface area (Å²) in [6.45, 7) is 4.23. The number of allylic oxidation sites excluding steroid dienone is 2. The van der Waals surface area contributed by atoms with Crippen LogP contribution in [0.15, 0.2) is 205 Å². The van der Waals surface area contributed by atoms with Gasteiger partial charge in [-0.2, -0.15) is 0 Å². The molecule has 0 bridgehead atoms. The molecule has 0 saturated carbocycles. The summed E-state index contributed by atoms with van der Waals surface area (Å²) >= 11 is 1.68. The molecule has 7 aromatic rings. The van der Waals surface area contributed by atoms with Crippen LogP contribution in [0.1, 0.15) is 33.4 Å². The van der Waals surface area contributed by atoms with E-state index < -0.39 is 5.41 Å². The zero-order valence-corrected chi connectivity index (χ0v) is 29.7. The van der Waals surface area contributed by atoms with Crippen molar-refractivity contribution in [3.8, 4) is 33.4 Å². The van der Waals surface area contributed by atoms with E-state index in [1.165, 1.54) is 50.1 Å². The number of rotatable bonds is 5. The molecule has 0 radical (unpaired) electrons. The zero-order chi connectivity index (χ0) is 35.4. The minimum atomic E-state index is -0.502. The van der Waals surface area contributed by atoms with E-state index in [9.17, 15) is 0 Å². The van der Waals surface area contributed by atoms with Crippen LogP contribution in [0.3, 0.4) is 0 Å². The van der Waals surface area contributed by atoms with E-state index in [2.05, 4.69) is 186 Å². The third kappa shape index (κ3) is 5.14. The fourth-order valence-corrected chi connectivity index (χ4v) is 9.14. The Labute approximate surface area is 314 Å².